The number of hydrogen-bond donors (Lipinski definition) is 2. The van der Waals surface area contributed by atoms with E-state index in [1.165, 1.54) is 32.2 Å². The van der Waals surface area contributed by atoms with Crippen LogP contribution in [0.3, 0.4) is 0 Å². The number of aliphatic hydroxyl groups excluding tert-OH is 1. The number of halogens is 1. The van der Waals surface area contributed by atoms with Crippen molar-refractivity contribution in [1.82, 2.24) is 10.1 Å². The van der Waals surface area contributed by atoms with E-state index in [0.29, 0.717) is 5.56 Å². The molecule has 2 aromatic rings. The maximum Gasteiger partial charge on any atom is 0.246 e. The number of benzene rings is 1. The second-order valence-corrected chi connectivity index (χ2v) is 4.07. The quantitative estimate of drug-likeness (QED) is 0.866. The molecule has 0 spiro atoms. The van der Waals surface area contributed by atoms with Crippen molar-refractivity contribution in [2.45, 2.75) is 19.1 Å². The van der Waals surface area contributed by atoms with Crippen molar-refractivity contribution in [3.05, 3.63) is 29.9 Å². The zero-order chi connectivity index (χ0) is 14.0. The van der Waals surface area contributed by atoms with Crippen molar-refractivity contribution in [3.8, 4) is 17.1 Å². The first-order valence-electron chi connectivity index (χ1n) is 5.64. The van der Waals surface area contributed by atoms with Crippen LogP contribution in [0, 0.1) is 5.82 Å². The molecule has 0 saturated heterocycles. The van der Waals surface area contributed by atoms with Gasteiger partial charge in [0.15, 0.2) is 11.6 Å². The first-order valence-corrected chi connectivity index (χ1v) is 5.64. The summed E-state index contributed by atoms with van der Waals surface area (Å²) in [7, 11) is 1.37. The number of ether oxygens (including phenoxy) is 1. The van der Waals surface area contributed by atoms with Crippen molar-refractivity contribution in [1.29, 1.82) is 0 Å². The molecule has 0 amide bonds. The van der Waals surface area contributed by atoms with Crippen molar-refractivity contribution >= 4 is 0 Å². The van der Waals surface area contributed by atoms with Crippen LogP contribution < -0.4 is 10.5 Å². The number of aliphatic hydroxyl groups is 1. The summed E-state index contributed by atoms with van der Waals surface area (Å²) >= 11 is 0. The van der Waals surface area contributed by atoms with Crippen molar-refractivity contribution < 1.29 is 18.8 Å². The monoisotopic (exact) mass is 267 g/mol. The SMILES string of the molecule is COc1cc(-c2noc(C(N)C(C)O)n2)ccc1F. The minimum absolute atomic E-state index is 0.0867. The summed E-state index contributed by atoms with van der Waals surface area (Å²) in [5.41, 5.74) is 6.21. The lowest BCUT2D eigenvalue weighted by Gasteiger charge is -2.08. The third-order valence-electron chi connectivity index (χ3n) is 2.66. The molecule has 102 valence electrons. The molecular weight excluding hydrogens is 253 g/mol. The average molecular weight is 267 g/mol. The van der Waals surface area contributed by atoms with E-state index in [4.69, 9.17) is 15.0 Å². The summed E-state index contributed by atoms with van der Waals surface area (Å²) in [5.74, 6) is -0.0167. The van der Waals surface area contributed by atoms with Crippen LogP contribution >= 0.6 is 0 Å². The fourth-order valence-corrected chi connectivity index (χ4v) is 1.49. The Kier molecular flexibility index (Phi) is 3.77. The Morgan fingerprint density at radius 2 is 2.21 bits per heavy atom. The van der Waals surface area contributed by atoms with Crippen LogP contribution in [-0.4, -0.2) is 28.5 Å². The summed E-state index contributed by atoms with van der Waals surface area (Å²) in [6.07, 6.45) is -0.809. The second kappa shape index (κ2) is 5.33. The third-order valence-corrected chi connectivity index (χ3v) is 2.66. The standard InChI is InChI=1S/C12H14FN3O3/c1-6(17)10(14)12-15-11(16-19-12)7-3-4-8(13)9(5-7)18-2/h3-6,10,17H,14H2,1-2H3. The zero-order valence-corrected chi connectivity index (χ0v) is 10.5. The van der Waals surface area contributed by atoms with Gasteiger partial charge < -0.3 is 20.1 Å². The average Bonchev–Trinajstić information content (AvgIpc) is 2.87. The van der Waals surface area contributed by atoms with Crippen molar-refractivity contribution in [2.24, 2.45) is 5.73 Å². The van der Waals surface area contributed by atoms with Gasteiger partial charge in [-0.05, 0) is 25.1 Å². The van der Waals surface area contributed by atoms with Crippen LogP contribution in [0.15, 0.2) is 22.7 Å². The molecule has 2 unspecified atom stereocenters. The maximum atomic E-state index is 13.3. The molecule has 1 aromatic carbocycles. The van der Waals surface area contributed by atoms with Crippen LogP contribution in [0.25, 0.3) is 11.4 Å². The normalized spacial score (nSPS) is 14.2. The maximum absolute atomic E-state index is 13.3. The van der Waals surface area contributed by atoms with Gasteiger partial charge in [-0.3, -0.25) is 0 Å². The Balaban J connectivity index is 2.32. The fourth-order valence-electron chi connectivity index (χ4n) is 1.49. The molecule has 3 N–H and O–H groups in total. The number of nitrogens with zero attached hydrogens (tertiary/aromatic N) is 2. The molecule has 2 atom stereocenters. The van der Waals surface area contributed by atoms with E-state index in [1.54, 1.807) is 0 Å². The van der Waals surface area contributed by atoms with Crippen LogP contribution in [-0.2, 0) is 0 Å². The molecule has 0 fully saturated rings. The largest absolute Gasteiger partial charge is 0.494 e. The van der Waals surface area contributed by atoms with Crippen LogP contribution in [0.5, 0.6) is 5.75 Å². The lowest BCUT2D eigenvalue weighted by Crippen LogP contribution is -2.23. The molecule has 19 heavy (non-hydrogen) atoms. The topological polar surface area (TPSA) is 94.4 Å². The van der Waals surface area contributed by atoms with Crippen molar-refractivity contribution in [3.63, 3.8) is 0 Å². The minimum Gasteiger partial charge on any atom is -0.494 e. The first kappa shape index (κ1) is 13.4. The Hall–Kier alpha value is -1.99. The van der Waals surface area contributed by atoms with E-state index in [2.05, 4.69) is 10.1 Å². The Labute approximate surface area is 109 Å². The summed E-state index contributed by atoms with van der Waals surface area (Å²) in [6, 6.07) is 3.44. The van der Waals surface area contributed by atoms with Gasteiger partial charge in [0.05, 0.1) is 13.2 Å². The molecular formula is C12H14FN3O3. The van der Waals surface area contributed by atoms with Gasteiger partial charge in [-0.15, -0.1) is 0 Å². The third kappa shape index (κ3) is 2.72. The van der Waals surface area contributed by atoms with Gasteiger partial charge in [-0.2, -0.15) is 4.98 Å². The summed E-state index contributed by atoms with van der Waals surface area (Å²) < 4.78 is 23.1. The van der Waals surface area contributed by atoms with Gasteiger partial charge in [-0.1, -0.05) is 5.16 Å². The van der Waals surface area contributed by atoms with Gasteiger partial charge in [0.25, 0.3) is 0 Å². The van der Waals surface area contributed by atoms with E-state index < -0.39 is 18.0 Å². The highest BCUT2D eigenvalue weighted by Gasteiger charge is 2.20. The molecule has 0 aliphatic rings. The smallest absolute Gasteiger partial charge is 0.246 e. The molecule has 0 radical (unpaired) electrons. The predicted molar refractivity (Wildman–Crippen MR) is 64.9 cm³/mol. The molecule has 0 aliphatic carbocycles. The molecule has 7 heteroatoms. The van der Waals surface area contributed by atoms with E-state index in [9.17, 15) is 9.50 Å². The van der Waals surface area contributed by atoms with Gasteiger partial charge in [0, 0.05) is 5.56 Å². The highest BCUT2D eigenvalue weighted by atomic mass is 19.1. The Morgan fingerprint density at radius 1 is 1.47 bits per heavy atom. The van der Waals surface area contributed by atoms with E-state index in [1.807, 2.05) is 0 Å². The second-order valence-electron chi connectivity index (χ2n) is 4.07. The van der Waals surface area contributed by atoms with Crippen LogP contribution in [0.2, 0.25) is 0 Å². The fraction of sp³-hybridized carbons (Fsp3) is 0.333. The van der Waals surface area contributed by atoms with Crippen molar-refractivity contribution in [2.75, 3.05) is 7.11 Å². The zero-order valence-electron chi connectivity index (χ0n) is 10.5. The van der Waals surface area contributed by atoms with Crippen LogP contribution in [0.1, 0.15) is 18.9 Å². The number of hydrogen-bond acceptors (Lipinski definition) is 6. The molecule has 0 aliphatic heterocycles. The minimum atomic E-state index is -0.809. The van der Waals surface area contributed by atoms with Crippen LogP contribution in [0.4, 0.5) is 4.39 Å². The summed E-state index contributed by atoms with van der Waals surface area (Å²) in [5, 5.41) is 13.1. The van der Waals surface area contributed by atoms with Gasteiger partial charge in [0.1, 0.15) is 6.04 Å². The van der Waals surface area contributed by atoms with E-state index in [-0.39, 0.29) is 17.5 Å². The number of methoxy groups -OCH3 is 1. The first-order chi connectivity index (χ1) is 9.02. The number of rotatable bonds is 4. The molecule has 0 saturated carbocycles. The number of aromatic nitrogens is 2. The molecule has 1 aromatic heterocycles. The molecule has 2 rings (SSSR count). The summed E-state index contributed by atoms with van der Waals surface area (Å²) in [6.45, 7) is 1.52. The Morgan fingerprint density at radius 3 is 2.84 bits per heavy atom. The number of nitrogens with two attached hydrogens (primary N) is 1. The van der Waals surface area contributed by atoms with Gasteiger partial charge in [0.2, 0.25) is 11.7 Å². The van der Waals surface area contributed by atoms with Gasteiger partial charge in [-0.25, -0.2) is 4.39 Å². The molecule has 6 nitrogen and oxygen atoms in total. The lowest BCUT2D eigenvalue weighted by molar-refractivity contribution is 0.146. The molecule has 0 bridgehead atoms. The summed E-state index contributed by atoms with van der Waals surface area (Å²) in [4.78, 5) is 4.07. The lowest BCUT2D eigenvalue weighted by atomic mass is 10.2. The highest BCUT2D eigenvalue weighted by molar-refractivity contribution is 5.57. The van der Waals surface area contributed by atoms with Gasteiger partial charge >= 0.3 is 0 Å². The highest BCUT2D eigenvalue weighted by Crippen LogP contribution is 2.25. The predicted octanol–water partition coefficient (Wildman–Crippen LogP) is 1.26. The van der Waals surface area contributed by atoms with E-state index in [0.717, 1.165) is 0 Å². The Bertz CT molecular complexity index is 571. The van der Waals surface area contributed by atoms with E-state index >= 15 is 0 Å². The molecule has 1 heterocycles.